The molecule has 0 radical (unpaired) electrons. The van der Waals surface area contributed by atoms with E-state index in [0.29, 0.717) is 5.56 Å². The largest absolute Gasteiger partial charge is 0.354 e. The molecule has 0 spiro atoms. The minimum absolute atomic E-state index is 0.0366. The summed E-state index contributed by atoms with van der Waals surface area (Å²) >= 11 is 0. The van der Waals surface area contributed by atoms with E-state index in [9.17, 15) is 4.79 Å². The summed E-state index contributed by atoms with van der Waals surface area (Å²) in [4.78, 5) is 38.9. The van der Waals surface area contributed by atoms with Crippen LogP contribution < -0.4 is 4.90 Å². The number of hydrogen-bond donors (Lipinski definition) is 1. The molecule has 1 saturated heterocycles. The van der Waals surface area contributed by atoms with Crippen molar-refractivity contribution in [3.8, 4) is 11.3 Å². The van der Waals surface area contributed by atoms with Crippen LogP contribution in [0.5, 0.6) is 0 Å². The number of anilines is 1. The van der Waals surface area contributed by atoms with Crippen LogP contribution in [0.15, 0.2) is 67.3 Å². The second-order valence-corrected chi connectivity index (χ2v) is 9.00. The Morgan fingerprint density at radius 1 is 0.943 bits per heavy atom. The molecule has 1 fully saturated rings. The average Bonchev–Trinajstić information content (AvgIpc) is 3.37. The third kappa shape index (κ3) is 4.36. The van der Waals surface area contributed by atoms with Crippen LogP contribution in [-0.2, 0) is 6.42 Å². The maximum Gasteiger partial charge on any atom is 0.169 e. The highest BCUT2D eigenvalue weighted by Gasteiger charge is 2.17. The van der Waals surface area contributed by atoms with Gasteiger partial charge in [-0.3, -0.25) is 9.78 Å². The number of aromatic nitrogens is 5. The van der Waals surface area contributed by atoms with Crippen molar-refractivity contribution < 1.29 is 4.79 Å². The Labute approximate surface area is 202 Å². The van der Waals surface area contributed by atoms with E-state index in [0.717, 1.165) is 70.9 Å². The lowest BCUT2D eigenvalue weighted by Gasteiger charge is -2.33. The quantitative estimate of drug-likeness (QED) is 0.397. The number of H-pyrrole nitrogens is 1. The van der Waals surface area contributed by atoms with Crippen LogP contribution in [0, 0.1) is 0 Å². The van der Waals surface area contributed by atoms with Gasteiger partial charge in [0.2, 0.25) is 0 Å². The van der Waals surface area contributed by atoms with Crippen LogP contribution in [0.2, 0.25) is 0 Å². The van der Waals surface area contributed by atoms with Gasteiger partial charge in [-0.1, -0.05) is 12.1 Å². The molecular formula is C27H25N7O. The second kappa shape index (κ2) is 8.88. The molecule has 8 heteroatoms. The fraction of sp³-hybridized carbons (Fsp3) is 0.222. The number of carbonyl (C=O) groups excluding carboxylic acids is 1. The maximum absolute atomic E-state index is 13.1. The number of fused-ring (bicyclic) bond motifs is 2. The number of nitrogens with zero attached hydrogens (tertiary/aromatic N) is 6. The molecule has 0 atom stereocenters. The Kier molecular flexibility index (Phi) is 5.42. The molecule has 0 saturated carbocycles. The predicted molar refractivity (Wildman–Crippen MR) is 137 cm³/mol. The molecular weight excluding hydrogens is 438 g/mol. The summed E-state index contributed by atoms with van der Waals surface area (Å²) in [5, 5.41) is 2.03. The van der Waals surface area contributed by atoms with E-state index in [1.807, 2.05) is 42.7 Å². The summed E-state index contributed by atoms with van der Waals surface area (Å²) < 4.78 is 0. The van der Waals surface area contributed by atoms with Crippen molar-refractivity contribution in [2.75, 3.05) is 38.1 Å². The fourth-order valence-corrected chi connectivity index (χ4v) is 4.48. The number of benzene rings is 1. The monoisotopic (exact) mass is 463 g/mol. The van der Waals surface area contributed by atoms with Gasteiger partial charge in [-0.15, -0.1) is 0 Å². The predicted octanol–water partition coefficient (Wildman–Crippen LogP) is 3.75. The molecule has 5 aromatic rings. The number of rotatable bonds is 5. The van der Waals surface area contributed by atoms with E-state index in [2.05, 4.69) is 42.8 Å². The van der Waals surface area contributed by atoms with Crippen molar-refractivity contribution in [2.45, 2.75) is 6.42 Å². The molecule has 8 nitrogen and oxygen atoms in total. The first kappa shape index (κ1) is 21.4. The summed E-state index contributed by atoms with van der Waals surface area (Å²) in [6.45, 7) is 3.81. The van der Waals surface area contributed by atoms with Gasteiger partial charge in [0.05, 0.1) is 18.3 Å². The zero-order chi connectivity index (χ0) is 23.8. The number of Topliss-reactive ketones (excluding diaryl/α,β-unsaturated/α-hetero) is 1. The van der Waals surface area contributed by atoms with E-state index in [-0.39, 0.29) is 12.2 Å². The summed E-state index contributed by atoms with van der Waals surface area (Å²) in [5.74, 6) is 0.898. The number of carbonyl (C=O) groups is 1. The third-order valence-electron chi connectivity index (χ3n) is 6.57. The summed E-state index contributed by atoms with van der Waals surface area (Å²) in [7, 11) is 2.12. The van der Waals surface area contributed by atoms with E-state index in [1.165, 1.54) is 0 Å². The van der Waals surface area contributed by atoms with Crippen LogP contribution in [0.1, 0.15) is 16.1 Å². The molecule has 1 N–H and O–H groups in total. The van der Waals surface area contributed by atoms with Crippen molar-refractivity contribution in [3.63, 3.8) is 0 Å². The SMILES string of the molecule is CN1CCN(c2cc(C(=O)Cc3cc4cc(-c5cnc6[nH]ccc6n5)ccc4cn3)ccn2)CC1. The van der Waals surface area contributed by atoms with Crippen molar-refractivity contribution in [3.05, 3.63) is 78.5 Å². The molecule has 1 aromatic carbocycles. The summed E-state index contributed by atoms with van der Waals surface area (Å²) in [5.41, 5.74) is 4.79. The first-order chi connectivity index (χ1) is 17.1. The summed E-state index contributed by atoms with van der Waals surface area (Å²) in [6.07, 6.45) is 7.39. The number of nitrogens with one attached hydrogen (secondary N) is 1. The lowest BCUT2D eigenvalue weighted by atomic mass is 10.0. The van der Waals surface area contributed by atoms with Gasteiger partial charge in [-0.25, -0.2) is 15.0 Å². The highest BCUT2D eigenvalue weighted by Crippen LogP contribution is 2.25. The molecule has 0 amide bonds. The van der Waals surface area contributed by atoms with Gasteiger partial charge in [0.1, 0.15) is 11.3 Å². The minimum atomic E-state index is 0.0366. The van der Waals surface area contributed by atoms with Gasteiger partial charge in [0.15, 0.2) is 11.4 Å². The first-order valence-corrected chi connectivity index (χ1v) is 11.7. The van der Waals surface area contributed by atoms with Gasteiger partial charge in [0, 0.05) is 67.0 Å². The standard InChI is InChI=1S/C27H25N7O/c1-33-8-10-34(11-9-33)26-14-19(4-6-28-26)25(35)15-22-13-21-12-18(2-3-20(21)16-30-22)24-17-31-27-23(32-24)5-7-29-27/h2-7,12-14,16-17H,8-11,15H2,1H3,(H,29,31). The molecule has 0 aliphatic carbocycles. The Balaban J connectivity index is 1.24. The molecule has 4 aromatic heterocycles. The van der Waals surface area contributed by atoms with Crippen molar-refractivity contribution >= 4 is 33.5 Å². The van der Waals surface area contributed by atoms with Crippen molar-refractivity contribution in [1.82, 2.24) is 29.8 Å². The summed E-state index contributed by atoms with van der Waals surface area (Å²) in [6, 6.07) is 13.7. The van der Waals surface area contributed by atoms with Gasteiger partial charge >= 0.3 is 0 Å². The number of hydrogen-bond acceptors (Lipinski definition) is 7. The molecule has 1 aliphatic heterocycles. The second-order valence-electron chi connectivity index (χ2n) is 9.00. The number of aromatic amines is 1. The Hall–Kier alpha value is -4.17. The van der Waals surface area contributed by atoms with Crippen LogP contribution in [0.25, 0.3) is 33.2 Å². The van der Waals surface area contributed by atoms with E-state index in [1.54, 1.807) is 18.5 Å². The molecule has 1 aliphatic rings. The van der Waals surface area contributed by atoms with Crippen molar-refractivity contribution in [1.29, 1.82) is 0 Å². The molecule has 6 rings (SSSR count). The zero-order valence-electron chi connectivity index (χ0n) is 19.5. The molecule has 5 heterocycles. The van der Waals surface area contributed by atoms with Crippen LogP contribution >= 0.6 is 0 Å². The third-order valence-corrected chi connectivity index (χ3v) is 6.57. The van der Waals surface area contributed by atoms with E-state index < -0.39 is 0 Å². The molecule has 35 heavy (non-hydrogen) atoms. The van der Waals surface area contributed by atoms with E-state index >= 15 is 0 Å². The van der Waals surface area contributed by atoms with Crippen LogP contribution in [-0.4, -0.2) is 68.8 Å². The molecule has 0 unspecified atom stereocenters. The Bertz CT molecular complexity index is 1540. The smallest absolute Gasteiger partial charge is 0.169 e. The van der Waals surface area contributed by atoms with Gasteiger partial charge in [-0.05, 0) is 42.8 Å². The highest BCUT2D eigenvalue weighted by atomic mass is 16.1. The lowest BCUT2D eigenvalue weighted by Crippen LogP contribution is -2.44. The average molecular weight is 464 g/mol. The van der Waals surface area contributed by atoms with Gasteiger partial charge in [0.25, 0.3) is 0 Å². The van der Waals surface area contributed by atoms with Crippen LogP contribution in [0.3, 0.4) is 0 Å². The van der Waals surface area contributed by atoms with Crippen LogP contribution in [0.4, 0.5) is 5.82 Å². The number of ketones is 1. The molecule has 0 bridgehead atoms. The van der Waals surface area contributed by atoms with Crippen molar-refractivity contribution in [2.24, 2.45) is 0 Å². The fourth-order valence-electron chi connectivity index (χ4n) is 4.48. The minimum Gasteiger partial charge on any atom is -0.354 e. The number of likely N-dealkylation sites (N-methyl/N-ethyl adjacent to an activating group) is 1. The normalized spacial score (nSPS) is 14.6. The Morgan fingerprint density at radius 3 is 2.71 bits per heavy atom. The zero-order valence-corrected chi connectivity index (χ0v) is 19.5. The molecule has 174 valence electrons. The lowest BCUT2D eigenvalue weighted by molar-refractivity contribution is 0.0992. The maximum atomic E-state index is 13.1. The Morgan fingerprint density at radius 2 is 1.83 bits per heavy atom. The first-order valence-electron chi connectivity index (χ1n) is 11.7. The van der Waals surface area contributed by atoms with E-state index in [4.69, 9.17) is 4.98 Å². The number of pyridine rings is 2. The van der Waals surface area contributed by atoms with Gasteiger partial charge < -0.3 is 14.8 Å². The topological polar surface area (TPSA) is 90.9 Å². The van der Waals surface area contributed by atoms with Gasteiger partial charge in [-0.2, -0.15) is 0 Å². The number of piperazine rings is 1. The highest BCUT2D eigenvalue weighted by molar-refractivity contribution is 5.98.